The third-order valence-electron chi connectivity index (χ3n) is 2.49. The number of amides is 1. The van der Waals surface area contributed by atoms with E-state index in [0.29, 0.717) is 19.1 Å². The van der Waals surface area contributed by atoms with Gasteiger partial charge in [0.15, 0.2) is 0 Å². The molecule has 0 aliphatic carbocycles. The van der Waals surface area contributed by atoms with Crippen molar-refractivity contribution in [3.8, 4) is 0 Å². The lowest BCUT2D eigenvalue weighted by Gasteiger charge is -2.03. The fourth-order valence-corrected chi connectivity index (χ4v) is 1.38. The predicted molar refractivity (Wildman–Crippen MR) is 69.2 cm³/mol. The number of rotatable bonds is 6. The Balaban J connectivity index is 0.000000351. The Hall–Kier alpha value is -1.10. The van der Waals surface area contributed by atoms with E-state index in [9.17, 15) is 9.59 Å². The Labute approximate surface area is 109 Å². The van der Waals surface area contributed by atoms with Gasteiger partial charge in [-0.05, 0) is 12.8 Å². The fraction of sp³-hybridized carbons (Fsp3) is 0.846. The Morgan fingerprint density at radius 1 is 1.33 bits per heavy atom. The second kappa shape index (κ2) is 11.0. The van der Waals surface area contributed by atoms with Gasteiger partial charge in [-0.2, -0.15) is 0 Å². The number of carbonyl (C=O) groups is 2. The van der Waals surface area contributed by atoms with Crippen molar-refractivity contribution < 1.29 is 19.1 Å². The first-order valence-electron chi connectivity index (χ1n) is 6.53. The highest BCUT2D eigenvalue weighted by molar-refractivity contribution is 5.77. The van der Waals surface area contributed by atoms with Gasteiger partial charge in [-0.25, -0.2) is 0 Å². The van der Waals surface area contributed by atoms with Crippen LogP contribution in [-0.2, 0) is 19.1 Å². The highest BCUT2D eigenvalue weighted by Crippen LogP contribution is 2.04. The summed E-state index contributed by atoms with van der Waals surface area (Å²) in [6, 6.07) is 0. The summed E-state index contributed by atoms with van der Waals surface area (Å²) in [6.07, 6.45) is 4.01. The quantitative estimate of drug-likeness (QED) is 0.537. The largest absolute Gasteiger partial charge is 0.463 e. The van der Waals surface area contributed by atoms with Crippen LogP contribution < -0.4 is 0 Å². The Morgan fingerprint density at radius 3 is 2.44 bits per heavy atom. The molecule has 0 atom stereocenters. The lowest BCUT2D eigenvalue weighted by Crippen LogP contribution is -2.17. The van der Waals surface area contributed by atoms with Crippen molar-refractivity contribution >= 4 is 11.9 Å². The third-order valence-corrected chi connectivity index (χ3v) is 2.49. The van der Waals surface area contributed by atoms with Gasteiger partial charge < -0.3 is 14.4 Å². The SMILES string of the molecule is CCCCOCCOC(C)=O.CN1CCCC1=O. The molecule has 1 fully saturated rings. The van der Waals surface area contributed by atoms with Gasteiger partial charge in [0.25, 0.3) is 0 Å². The van der Waals surface area contributed by atoms with E-state index in [2.05, 4.69) is 11.7 Å². The van der Waals surface area contributed by atoms with E-state index in [0.717, 1.165) is 38.8 Å². The summed E-state index contributed by atoms with van der Waals surface area (Å²) in [7, 11) is 1.84. The van der Waals surface area contributed by atoms with Crippen LogP contribution in [0.4, 0.5) is 0 Å². The highest BCUT2D eigenvalue weighted by atomic mass is 16.6. The van der Waals surface area contributed by atoms with Gasteiger partial charge in [0.2, 0.25) is 5.91 Å². The summed E-state index contributed by atoms with van der Waals surface area (Å²) in [5, 5.41) is 0. The second-order valence-electron chi connectivity index (χ2n) is 4.22. The number of nitrogens with zero attached hydrogens (tertiary/aromatic N) is 1. The van der Waals surface area contributed by atoms with E-state index in [4.69, 9.17) is 4.74 Å². The van der Waals surface area contributed by atoms with Crippen LogP contribution in [0.3, 0.4) is 0 Å². The third kappa shape index (κ3) is 10.1. The first-order valence-corrected chi connectivity index (χ1v) is 6.53. The zero-order valence-corrected chi connectivity index (χ0v) is 11.7. The topological polar surface area (TPSA) is 55.8 Å². The van der Waals surface area contributed by atoms with E-state index in [1.807, 2.05) is 7.05 Å². The average molecular weight is 259 g/mol. The van der Waals surface area contributed by atoms with Crippen molar-refractivity contribution in [1.82, 2.24) is 4.90 Å². The zero-order valence-electron chi connectivity index (χ0n) is 11.7. The average Bonchev–Trinajstić information content (AvgIpc) is 2.69. The number of unbranched alkanes of at least 4 members (excludes halogenated alkanes) is 1. The molecule has 1 amide bonds. The first-order chi connectivity index (χ1) is 8.57. The minimum Gasteiger partial charge on any atom is -0.463 e. The maximum atomic E-state index is 10.5. The number of esters is 1. The molecule has 0 N–H and O–H groups in total. The molecule has 1 aliphatic heterocycles. The van der Waals surface area contributed by atoms with Gasteiger partial charge in [-0.3, -0.25) is 9.59 Å². The van der Waals surface area contributed by atoms with Gasteiger partial charge >= 0.3 is 5.97 Å². The summed E-state index contributed by atoms with van der Waals surface area (Å²) >= 11 is 0. The lowest BCUT2D eigenvalue weighted by molar-refractivity contribution is -0.142. The Morgan fingerprint density at radius 2 is 2.06 bits per heavy atom. The number of hydrogen-bond donors (Lipinski definition) is 0. The molecule has 1 saturated heterocycles. The maximum Gasteiger partial charge on any atom is 0.302 e. The first kappa shape index (κ1) is 16.9. The predicted octanol–water partition coefficient (Wildman–Crippen LogP) is 1.60. The molecule has 0 bridgehead atoms. The van der Waals surface area contributed by atoms with Crippen molar-refractivity contribution in [1.29, 1.82) is 0 Å². The minimum atomic E-state index is -0.246. The number of likely N-dealkylation sites (tertiary alicyclic amines) is 1. The molecule has 0 unspecified atom stereocenters. The summed E-state index contributed by atoms with van der Waals surface area (Å²) in [6.45, 7) is 6.11. The van der Waals surface area contributed by atoms with Crippen LogP contribution in [0.15, 0.2) is 0 Å². The molecule has 1 aliphatic rings. The minimum absolute atomic E-state index is 0.246. The molecule has 0 saturated carbocycles. The molecule has 5 heteroatoms. The molecule has 0 radical (unpaired) electrons. The van der Waals surface area contributed by atoms with E-state index in [-0.39, 0.29) is 5.97 Å². The molecule has 0 spiro atoms. The van der Waals surface area contributed by atoms with Crippen LogP contribution in [0.2, 0.25) is 0 Å². The van der Waals surface area contributed by atoms with Gasteiger partial charge in [-0.15, -0.1) is 0 Å². The van der Waals surface area contributed by atoms with E-state index < -0.39 is 0 Å². The van der Waals surface area contributed by atoms with Crippen molar-refractivity contribution in [2.24, 2.45) is 0 Å². The van der Waals surface area contributed by atoms with E-state index in [1.54, 1.807) is 4.90 Å². The summed E-state index contributed by atoms with van der Waals surface area (Å²) < 4.78 is 9.81. The van der Waals surface area contributed by atoms with Gasteiger partial charge in [-0.1, -0.05) is 13.3 Å². The second-order valence-corrected chi connectivity index (χ2v) is 4.22. The van der Waals surface area contributed by atoms with Crippen LogP contribution in [0.25, 0.3) is 0 Å². The standard InChI is InChI=1S/C8H16O3.C5H9NO/c1-3-4-5-10-6-7-11-8(2)9;1-6-4-2-3-5(6)7/h3-7H2,1-2H3;2-4H2,1H3. The highest BCUT2D eigenvalue weighted by Gasteiger charge is 2.14. The summed E-state index contributed by atoms with van der Waals surface area (Å²) in [4.78, 5) is 22.5. The summed E-state index contributed by atoms with van der Waals surface area (Å²) in [5.74, 6) is 0.0455. The lowest BCUT2D eigenvalue weighted by atomic mass is 10.4. The summed E-state index contributed by atoms with van der Waals surface area (Å²) in [5.41, 5.74) is 0. The molecular weight excluding hydrogens is 234 g/mol. The molecule has 0 aromatic carbocycles. The van der Waals surface area contributed by atoms with Gasteiger partial charge in [0, 0.05) is 33.5 Å². The molecule has 0 aromatic rings. The van der Waals surface area contributed by atoms with Crippen LogP contribution in [0.1, 0.15) is 39.5 Å². The van der Waals surface area contributed by atoms with Crippen molar-refractivity contribution in [2.45, 2.75) is 39.5 Å². The molecule has 1 heterocycles. The number of ether oxygens (including phenoxy) is 2. The maximum absolute atomic E-state index is 10.5. The normalized spacial score (nSPS) is 14.2. The Kier molecular flexibility index (Phi) is 10.3. The molecule has 0 aromatic heterocycles. The van der Waals surface area contributed by atoms with Crippen molar-refractivity contribution in [2.75, 3.05) is 33.4 Å². The smallest absolute Gasteiger partial charge is 0.302 e. The molecule has 106 valence electrons. The van der Waals surface area contributed by atoms with E-state index >= 15 is 0 Å². The molecule has 5 nitrogen and oxygen atoms in total. The molecule has 18 heavy (non-hydrogen) atoms. The molecular formula is C13H25NO4. The van der Waals surface area contributed by atoms with E-state index in [1.165, 1.54) is 6.92 Å². The fourth-order valence-electron chi connectivity index (χ4n) is 1.38. The van der Waals surface area contributed by atoms with Crippen LogP contribution in [0, 0.1) is 0 Å². The van der Waals surface area contributed by atoms with Crippen molar-refractivity contribution in [3.05, 3.63) is 0 Å². The molecule has 1 rings (SSSR count). The zero-order chi connectivity index (χ0) is 13.8. The van der Waals surface area contributed by atoms with Crippen molar-refractivity contribution in [3.63, 3.8) is 0 Å². The van der Waals surface area contributed by atoms with Gasteiger partial charge in [0.1, 0.15) is 6.61 Å². The Bertz CT molecular complexity index is 243. The van der Waals surface area contributed by atoms with Gasteiger partial charge in [0.05, 0.1) is 6.61 Å². The number of carbonyl (C=O) groups excluding carboxylic acids is 2. The van der Waals surface area contributed by atoms with Crippen LogP contribution >= 0.6 is 0 Å². The van der Waals surface area contributed by atoms with Crippen LogP contribution in [-0.4, -0.2) is 50.2 Å². The monoisotopic (exact) mass is 259 g/mol. The number of hydrogen-bond acceptors (Lipinski definition) is 4. The van der Waals surface area contributed by atoms with Crippen LogP contribution in [0.5, 0.6) is 0 Å².